The number of nitrogens with zero attached hydrogens (tertiary/aromatic N) is 3. The van der Waals surface area contributed by atoms with Crippen LogP contribution in [0.5, 0.6) is 0 Å². The summed E-state index contributed by atoms with van der Waals surface area (Å²) in [5.41, 5.74) is 0.697. The molecule has 3 heterocycles. The van der Waals surface area contributed by atoms with Gasteiger partial charge in [-0.15, -0.1) is 0 Å². The lowest BCUT2D eigenvalue weighted by molar-refractivity contribution is 0.255. The molecule has 32 heavy (non-hydrogen) atoms. The lowest BCUT2D eigenvalue weighted by Gasteiger charge is -2.35. The Morgan fingerprint density at radius 1 is 1.12 bits per heavy atom. The molecule has 2 aromatic heterocycles. The molecular formula is C21H23N5O4S2. The fourth-order valence-corrected chi connectivity index (χ4v) is 5.85. The number of H-pyrrole nitrogens is 1. The zero-order chi connectivity index (χ0) is 22.1. The highest BCUT2D eigenvalue weighted by atomic mass is 32.2. The first-order valence-electron chi connectivity index (χ1n) is 10.4. The second kappa shape index (κ2) is 8.66. The Kier molecular flexibility index (Phi) is 5.72. The van der Waals surface area contributed by atoms with Crippen molar-refractivity contribution >= 4 is 48.6 Å². The highest BCUT2D eigenvalue weighted by Gasteiger charge is 2.21. The van der Waals surface area contributed by atoms with E-state index >= 15 is 0 Å². The van der Waals surface area contributed by atoms with Gasteiger partial charge in [0.25, 0.3) is 0 Å². The molecule has 5 rings (SSSR count). The summed E-state index contributed by atoms with van der Waals surface area (Å²) >= 11 is 1.53. The highest BCUT2D eigenvalue weighted by molar-refractivity contribution is 7.89. The minimum atomic E-state index is -3.66. The Balaban J connectivity index is 1.11. The molecule has 1 aliphatic heterocycles. The van der Waals surface area contributed by atoms with Gasteiger partial charge in [-0.05, 0) is 48.8 Å². The average molecular weight is 474 g/mol. The van der Waals surface area contributed by atoms with Gasteiger partial charge < -0.3 is 9.32 Å². The Morgan fingerprint density at radius 3 is 2.78 bits per heavy atom. The Morgan fingerprint density at radius 2 is 1.94 bits per heavy atom. The third-order valence-corrected chi connectivity index (χ3v) is 7.95. The number of nitrogens with one attached hydrogen (secondary N) is 2. The molecule has 0 atom stereocenters. The minimum absolute atomic E-state index is 0.0804. The average Bonchev–Trinajstić information content (AvgIpc) is 3.39. The molecule has 9 nitrogen and oxygen atoms in total. The van der Waals surface area contributed by atoms with Gasteiger partial charge in [-0.25, -0.2) is 17.9 Å². The van der Waals surface area contributed by atoms with Crippen LogP contribution in [0.2, 0.25) is 0 Å². The molecule has 11 heteroatoms. The largest absolute Gasteiger partial charge is 0.417 e. The van der Waals surface area contributed by atoms with Crippen molar-refractivity contribution in [2.45, 2.75) is 11.3 Å². The molecule has 0 bridgehead atoms. The number of aromatic amines is 1. The summed E-state index contributed by atoms with van der Waals surface area (Å²) in [6, 6.07) is 12.6. The van der Waals surface area contributed by atoms with Crippen LogP contribution in [0.25, 0.3) is 21.2 Å². The quantitative estimate of drug-likeness (QED) is 0.396. The molecule has 4 aromatic rings. The molecule has 2 aromatic carbocycles. The van der Waals surface area contributed by atoms with Crippen molar-refractivity contribution in [3.8, 4) is 0 Å². The normalized spacial score (nSPS) is 15.7. The van der Waals surface area contributed by atoms with E-state index in [9.17, 15) is 13.2 Å². The molecule has 1 aliphatic rings. The maximum Gasteiger partial charge on any atom is 0.417 e. The molecule has 0 aliphatic carbocycles. The fourth-order valence-electron chi connectivity index (χ4n) is 3.97. The van der Waals surface area contributed by atoms with Gasteiger partial charge in [0.05, 0.1) is 15.1 Å². The maximum atomic E-state index is 12.5. The van der Waals surface area contributed by atoms with Crippen molar-refractivity contribution in [3.05, 3.63) is 53.0 Å². The van der Waals surface area contributed by atoms with Gasteiger partial charge in [0, 0.05) is 44.2 Å². The molecule has 2 N–H and O–H groups in total. The number of benzene rings is 2. The van der Waals surface area contributed by atoms with Gasteiger partial charge in [0.2, 0.25) is 10.0 Å². The van der Waals surface area contributed by atoms with Crippen LogP contribution in [0.3, 0.4) is 0 Å². The second-order valence-corrected chi connectivity index (χ2v) is 10.3. The SMILES string of the molecule is O=c1[nH]c2ccc(S(=O)(=O)NCCCN3CCN(c4nsc5ccccc45)CC3)cc2o1. The lowest BCUT2D eigenvalue weighted by Crippen LogP contribution is -2.47. The smallest absolute Gasteiger partial charge is 0.408 e. The van der Waals surface area contributed by atoms with Crippen molar-refractivity contribution in [2.24, 2.45) is 0 Å². The van der Waals surface area contributed by atoms with Crippen molar-refractivity contribution in [1.29, 1.82) is 0 Å². The van der Waals surface area contributed by atoms with Crippen LogP contribution in [0.1, 0.15) is 6.42 Å². The molecule has 0 spiro atoms. The van der Waals surface area contributed by atoms with Crippen LogP contribution in [-0.2, 0) is 10.0 Å². The maximum absolute atomic E-state index is 12.5. The third kappa shape index (κ3) is 4.29. The molecule has 0 unspecified atom stereocenters. The molecule has 0 saturated carbocycles. The van der Waals surface area contributed by atoms with E-state index in [4.69, 9.17) is 4.42 Å². The second-order valence-electron chi connectivity index (χ2n) is 7.75. The zero-order valence-electron chi connectivity index (χ0n) is 17.3. The first-order chi connectivity index (χ1) is 15.5. The predicted molar refractivity (Wildman–Crippen MR) is 125 cm³/mol. The van der Waals surface area contributed by atoms with E-state index in [0.29, 0.717) is 18.5 Å². The number of hydrogen-bond donors (Lipinski definition) is 2. The zero-order valence-corrected chi connectivity index (χ0v) is 18.9. The Bertz CT molecular complexity index is 1400. The van der Waals surface area contributed by atoms with Gasteiger partial charge in [-0.2, -0.15) is 4.37 Å². The predicted octanol–water partition coefficient (Wildman–Crippen LogP) is 2.22. The Hall–Kier alpha value is -2.73. The number of oxazole rings is 1. The van der Waals surface area contributed by atoms with Crippen molar-refractivity contribution in [3.63, 3.8) is 0 Å². The van der Waals surface area contributed by atoms with Crippen LogP contribution >= 0.6 is 11.5 Å². The van der Waals surface area contributed by atoms with E-state index < -0.39 is 15.8 Å². The molecular weight excluding hydrogens is 450 g/mol. The lowest BCUT2D eigenvalue weighted by atomic mass is 10.2. The van der Waals surface area contributed by atoms with Crippen LogP contribution in [0.4, 0.5) is 5.82 Å². The summed E-state index contributed by atoms with van der Waals surface area (Å²) in [5.74, 6) is 0.457. The summed E-state index contributed by atoms with van der Waals surface area (Å²) in [4.78, 5) is 18.5. The Labute approximate surface area is 188 Å². The molecule has 1 fully saturated rings. The van der Waals surface area contributed by atoms with E-state index in [1.165, 1.54) is 39.8 Å². The van der Waals surface area contributed by atoms with E-state index in [2.05, 4.69) is 36.0 Å². The number of hydrogen-bond acceptors (Lipinski definition) is 8. The molecule has 168 valence electrons. The van der Waals surface area contributed by atoms with Gasteiger partial charge in [0.15, 0.2) is 5.58 Å². The number of fused-ring (bicyclic) bond motifs is 2. The van der Waals surface area contributed by atoms with Crippen LogP contribution in [0, 0.1) is 0 Å². The number of rotatable bonds is 7. The summed E-state index contributed by atoms with van der Waals surface area (Å²) in [7, 11) is -3.66. The molecule has 0 amide bonds. The number of anilines is 1. The highest BCUT2D eigenvalue weighted by Crippen LogP contribution is 2.29. The van der Waals surface area contributed by atoms with Gasteiger partial charge in [-0.1, -0.05) is 12.1 Å². The monoisotopic (exact) mass is 473 g/mol. The van der Waals surface area contributed by atoms with E-state index in [1.807, 2.05) is 12.1 Å². The summed E-state index contributed by atoms with van der Waals surface area (Å²) in [6.07, 6.45) is 0.709. The number of aromatic nitrogens is 2. The van der Waals surface area contributed by atoms with E-state index in [1.54, 1.807) is 0 Å². The van der Waals surface area contributed by atoms with Crippen LogP contribution < -0.4 is 15.4 Å². The first kappa shape index (κ1) is 21.1. The first-order valence-corrected chi connectivity index (χ1v) is 12.7. The van der Waals surface area contributed by atoms with Gasteiger partial charge >= 0.3 is 5.76 Å². The topological polar surface area (TPSA) is 112 Å². The van der Waals surface area contributed by atoms with Crippen LogP contribution in [-0.4, -0.2) is 61.9 Å². The summed E-state index contributed by atoms with van der Waals surface area (Å²) in [5, 5.41) is 1.21. The van der Waals surface area contributed by atoms with Crippen molar-refractivity contribution in [1.82, 2.24) is 19.0 Å². The fraction of sp³-hybridized carbons (Fsp3) is 0.333. The molecule has 1 saturated heterocycles. The van der Waals surface area contributed by atoms with Crippen molar-refractivity contribution in [2.75, 3.05) is 44.2 Å². The summed E-state index contributed by atoms with van der Waals surface area (Å²) in [6.45, 7) is 4.81. The standard InChI is InChI=1S/C21H23N5O4S2/c27-21-23-17-7-6-15(14-18(17)30-21)32(28,29)22-8-3-9-25-10-12-26(13-11-25)20-16-4-1-2-5-19(16)31-24-20/h1-2,4-7,14,22H,3,8-13H2,(H,23,27). The van der Waals surface area contributed by atoms with E-state index in [0.717, 1.165) is 38.5 Å². The number of sulfonamides is 1. The summed E-state index contributed by atoms with van der Waals surface area (Å²) < 4.78 is 38.5. The van der Waals surface area contributed by atoms with Crippen LogP contribution in [0.15, 0.2) is 56.6 Å². The van der Waals surface area contributed by atoms with Gasteiger partial charge in [0.1, 0.15) is 5.82 Å². The third-order valence-electron chi connectivity index (χ3n) is 5.68. The molecule has 0 radical (unpaired) electrons. The number of piperazine rings is 1. The minimum Gasteiger partial charge on any atom is -0.408 e. The van der Waals surface area contributed by atoms with Crippen molar-refractivity contribution < 1.29 is 12.8 Å². The van der Waals surface area contributed by atoms with Gasteiger partial charge in [-0.3, -0.25) is 9.88 Å². The van der Waals surface area contributed by atoms with E-state index in [-0.39, 0.29) is 10.5 Å².